The Morgan fingerprint density at radius 1 is 1.27 bits per heavy atom. The summed E-state index contributed by atoms with van der Waals surface area (Å²) >= 11 is 3.44. The minimum Gasteiger partial charge on any atom is -0.479 e. The highest BCUT2D eigenvalue weighted by Crippen LogP contribution is 2.33. The van der Waals surface area contributed by atoms with E-state index >= 15 is 0 Å². The largest absolute Gasteiger partial charge is 0.479 e. The van der Waals surface area contributed by atoms with Crippen molar-refractivity contribution in [3.8, 4) is 0 Å². The molecule has 2 rings (SSSR count). The van der Waals surface area contributed by atoms with Crippen LogP contribution in [0.2, 0.25) is 0 Å². The minimum atomic E-state index is -1.24. The Morgan fingerprint density at radius 3 is 2.32 bits per heavy atom. The van der Waals surface area contributed by atoms with Crippen molar-refractivity contribution in [2.75, 3.05) is 0 Å². The number of hydrogen-bond acceptors (Lipinski definition) is 3. The summed E-state index contributed by atoms with van der Waals surface area (Å²) in [6.07, 6.45) is -1.24. The molecule has 0 saturated heterocycles. The van der Waals surface area contributed by atoms with E-state index in [1.54, 1.807) is 52.1 Å². The molecular formula is C16H18BrNO4. The van der Waals surface area contributed by atoms with E-state index < -0.39 is 17.7 Å². The summed E-state index contributed by atoms with van der Waals surface area (Å²) in [7, 11) is 1.55. The molecule has 0 spiro atoms. The Kier molecular flexibility index (Phi) is 4.44. The molecule has 0 aliphatic rings. The van der Waals surface area contributed by atoms with Crippen LogP contribution in [-0.2, 0) is 16.6 Å². The molecule has 0 saturated carbocycles. The number of pyridine rings is 1. The maximum atomic E-state index is 12.5. The van der Waals surface area contributed by atoms with Gasteiger partial charge in [0.1, 0.15) is 0 Å². The SMILES string of the molecule is Cn1c(C(OC(C)(C)C)C(=O)O)c(Br)c2ccccc2c1=O. The van der Waals surface area contributed by atoms with E-state index in [2.05, 4.69) is 15.9 Å². The van der Waals surface area contributed by atoms with Gasteiger partial charge in [0, 0.05) is 22.3 Å². The lowest BCUT2D eigenvalue weighted by molar-refractivity contribution is -0.161. The van der Waals surface area contributed by atoms with Gasteiger partial charge in [0.05, 0.1) is 11.3 Å². The van der Waals surface area contributed by atoms with Crippen LogP contribution in [0.15, 0.2) is 33.5 Å². The van der Waals surface area contributed by atoms with Crippen LogP contribution in [0.3, 0.4) is 0 Å². The quantitative estimate of drug-likeness (QED) is 0.903. The maximum absolute atomic E-state index is 12.5. The molecule has 6 heteroatoms. The Morgan fingerprint density at radius 2 is 1.82 bits per heavy atom. The molecule has 2 aromatic rings. The third kappa shape index (κ3) is 3.08. The summed E-state index contributed by atoms with van der Waals surface area (Å²) in [6, 6.07) is 7.07. The standard InChI is InChI=1S/C16H18BrNO4/c1-16(2,3)22-13(15(20)21)12-11(17)9-7-5-6-8-10(9)14(19)18(12)4/h5-8,13H,1-4H3,(H,20,21). The zero-order valence-corrected chi connectivity index (χ0v) is 14.5. The molecule has 1 heterocycles. The Hall–Kier alpha value is -1.66. The molecule has 1 aromatic heterocycles. The number of carboxylic acids is 1. The van der Waals surface area contributed by atoms with Crippen molar-refractivity contribution >= 4 is 32.7 Å². The molecule has 0 bridgehead atoms. The van der Waals surface area contributed by atoms with E-state index in [1.807, 2.05) is 0 Å². The fourth-order valence-corrected chi connectivity index (χ4v) is 3.12. The van der Waals surface area contributed by atoms with E-state index in [4.69, 9.17) is 4.74 Å². The lowest BCUT2D eigenvalue weighted by Gasteiger charge is -2.27. The lowest BCUT2D eigenvalue weighted by Crippen LogP contribution is -2.32. The summed E-state index contributed by atoms with van der Waals surface area (Å²) in [5.74, 6) is -1.14. The first-order valence-electron chi connectivity index (χ1n) is 6.81. The second-order valence-electron chi connectivity index (χ2n) is 6.06. The molecule has 1 unspecified atom stereocenters. The van der Waals surface area contributed by atoms with Crippen molar-refractivity contribution in [1.82, 2.24) is 4.57 Å². The molecule has 0 aliphatic heterocycles. The van der Waals surface area contributed by atoms with Gasteiger partial charge in [-0.1, -0.05) is 18.2 Å². The summed E-state index contributed by atoms with van der Waals surface area (Å²) in [6.45, 7) is 5.32. The highest BCUT2D eigenvalue weighted by molar-refractivity contribution is 9.10. The van der Waals surface area contributed by atoms with Gasteiger partial charge >= 0.3 is 5.97 Å². The van der Waals surface area contributed by atoms with Crippen molar-refractivity contribution < 1.29 is 14.6 Å². The number of aromatic nitrogens is 1. The molecule has 1 atom stereocenters. The Labute approximate surface area is 136 Å². The van der Waals surface area contributed by atoms with Crippen LogP contribution in [0.4, 0.5) is 0 Å². The molecule has 5 nitrogen and oxygen atoms in total. The second-order valence-corrected chi connectivity index (χ2v) is 6.85. The number of ether oxygens (including phenoxy) is 1. The zero-order chi connectivity index (χ0) is 16.7. The molecule has 0 fully saturated rings. The molecule has 118 valence electrons. The van der Waals surface area contributed by atoms with Gasteiger partial charge in [-0.15, -0.1) is 0 Å². The van der Waals surface area contributed by atoms with Crippen LogP contribution >= 0.6 is 15.9 Å². The predicted octanol–water partition coefficient (Wildman–Crippen LogP) is 3.24. The van der Waals surface area contributed by atoms with Gasteiger partial charge in [0.25, 0.3) is 5.56 Å². The first-order chi connectivity index (χ1) is 10.1. The predicted molar refractivity (Wildman–Crippen MR) is 88.1 cm³/mol. The van der Waals surface area contributed by atoms with Gasteiger partial charge in [0.15, 0.2) is 6.10 Å². The average Bonchev–Trinajstić information content (AvgIpc) is 2.42. The monoisotopic (exact) mass is 367 g/mol. The van der Waals surface area contributed by atoms with Crippen molar-refractivity contribution in [3.63, 3.8) is 0 Å². The van der Waals surface area contributed by atoms with Crippen molar-refractivity contribution in [1.29, 1.82) is 0 Å². The van der Waals surface area contributed by atoms with Gasteiger partial charge in [-0.3, -0.25) is 4.79 Å². The molecular weight excluding hydrogens is 350 g/mol. The molecule has 22 heavy (non-hydrogen) atoms. The average molecular weight is 368 g/mol. The maximum Gasteiger partial charge on any atom is 0.339 e. The summed E-state index contributed by atoms with van der Waals surface area (Å²) in [5, 5.41) is 10.7. The number of carboxylic acid groups (broad SMARTS) is 1. The van der Waals surface area contributed by atoms with Crippen molar-refractivity contribution in [3.05, 3.63) is 44.8 Å². The molecule has 0 radical (unpaired) electrons. The smallest absolute Gasteiger partial charge is 0.339 e. The number of rotatable bonds is 3. The Balaban J connectivity index is 2.78. The number of nitrogens with zero attached hydrogens (tertiary/aromatic N) is 1. The second kappa shape index (κ2) is 5.85. The minimum absolute atomic E-state index is 0.252. The first kappa shape index (κ1) is 16.7. The Bertz CT molecular complexity index is 789. The van der Waals surface area contributed by atoms with Gasteiger partial charge in [-0.2, -0.15) is 0 Å². The number of halogens is 1. The number of fused-ring (bicyclic) bond motifs is 1. The summed E-state index contributed by atoms with van der Waals surface area (Å²) in [4.78, 5) is 24.2. The van der Waals surface area contributed by atoms with Crippen LogP contribution in [0, 0.1) is 0 Å². The van der Waals surface area contributed by atoms with E-state index in [0.29, 0.717) is 20.9 Å². The topological polar surface area (TPSA) is 68.5 Å². The van der Waals surface area contributed by atoms with E-state index in [0.717, 1.165) is 0 Å². The van der Waals surface area contributed by atoms with Gasteiger partial charge in [0.2, 0.25) is 0 Å². The van der Waals surface area contributed by atoms with Crippen molar-refractivity contribution in [2.45, 2.75) is 32.5 Å². The number of carbonyl (C=O) groups is 1. The molecule has 1 N–H and O–H groups in total. The molecule has 1 aromatic carbocycles. The number of benzene rings is 1. The summed E-state index contributed by atoms with van der Waals surface area (Å²) in [5.41, 5.74) is -0.617. The van der Waals surface area contributed by atoms with E-state index in [9.17, 15) is 14.7 Å². The third-order valence-corrected chi connectivity index (χ3v) is 4.06. The van der Waals surface area contributed by atoms with Crippen LogP contribution in [-0.4, -0.2) is 21.2 Å². The number of aliphatic carboxylic acids is 1. The van der Waals surface area contributed by atoms with E-state index in [1.165, 1.54) is 4.57 Å². The highest BCUT2D eigenvalue weighted by Gasteiger charge is 2.31. The van der Waals surface area contributed by atoms with Gasteiger partial charge < -0.3 is 14.4 Å². The van der Waals surface area contributed by atoms with Crippen LogP contribution < -0.4 is 5.56 Å². The number of hydrogen-bond donors (Lipinski definition) is 1. The lowest BCUT2D eigenvalue weighted by atomic mass is 10.1. The summed E-state index contributed by atoms with van der Waals surface area (Å²) < 4.78 is 7.55. The van der Waals surface area contributed by atoms with Gasteiger partial charge in [-0.05, 0) is 42.8 Å². The van der Waals surface area contributed by atoms with Crippen LogP contribution in [0.5, 0.6) is 0 Å². The van der Waals surface area contributed by atoms with Crippen molar-refractivity contribution in [2.24, 2.45) is 7.05 Å². The fourth-order valence-electron chi connectivity index (χ4n) is 2.30. The third-order valence-electron chi connectivity index (χ3n) is 3.23. The molecule has 0 amide bonds. The van der Waals surface area contributed by atoms with Gasteiger partial charge in [-0.25, -0.2) is 4.79 Å². The molecule has 0 aliphatic carbocycles. The zero-order valence-electron chi connectivity index (χ0n) is 12.9. The first-order valence-corrected chi connectivity index (χ1v) is 7.60. The van der Waals surface area contributed by atoms with Crippen LogP contribution in [0.1, 0.15) is 32.6 Å². The highest BCUT2D eigenvalue weighted by atomic mass is 79.9. The fraction of sp³-hybridized carbons (Fsp3) is 0.375. The van der Waals surface area contributed by atoms with E-state index in [-0.39, 0.29) is 5.56 Å². The van der Waals surface area contributed by atoms with Crippen LogP contribution in [0.25, 0.3) is 10.8 Å². The normalized spacial score (nSPS) is 13.3.